The number of fused-ring (bicyclic) bond motifs is 20. The Hall–Kier alpha value is -15.2. The number of benzene rings is 19. The van der Waals surface area contributed by atoms with E-state index in [1.54, 1.807) is 0 Å². The molecule has 0 bridgehead atoms. The van der Waals surface area contributed by atoms with Crippen molar-refractivity contribution in [1.29, 1.82) is 0 Å². The molecule has 0 aliphatic rings. The summed E-state index contributed by atoms with van der Waals surface area (Å²) in [4.78, 5) is 7.22. The standard InChI is InChI=1S/C106H69N7/c1-8-30-74(31-9-1)107(81-46-44-70-26-22-24-28-72(70)64-81)83-48-52-91-99(66-83)110(77-36-14-4-15-37-77)95-60-56-89-87(103(91)95)58-62-97-105(89)93-54-50-85(68-101(93)112(97)79-40-18-6-19-41-79)109(76-34-12-3-13-35-76)86-51-55-94-102(69-86)113(80-42-20-7-21-43-80)98-63-59-88-90(106(94)98)57-61-96-104(88)92-53-49-84(67-100(92)111(96)78-38-16-5-17-39-78)108(75-32-10-2-11-33-75)82-47-45-71-27-23-25-29-73(71)65-82/h1-69H. The predicted octanol–water partition coefficient (Wildman–Crippen LogP) is 29.1. The van der Waals surface area contributed by atoms with Crippen molar-refractivity contribution in [3.8, 4) is 22.7 Å². The molecule has 0 unspecified atom stereocenters. The van der Waals surface area contributed by atoms with Gasteiger partial charge in [0, 0.05) is 117 Å². The van der Waals surface area contributed by atoms with Crippen molar-refractivity contribution in [1.82, 2.24) is 18.3 Å². The highest BCUT2D eigenvalue weighted by molar-refractivity contribution is 6.32. The van der Waals surface area contributed by atoms with E-state index in [4.69, 9.17) is 0 Å². The zero-order valence-electron chi connectivity index (χ0n) is 61.5. The molecule has 0 aliphatic heterocycles. The molecule has 0 N–H and O–H groups in total. The molecule has 23 rings (SSSR count). The quantitative estimate of drug-likeness (QED) is 0.115. The maximum Gasteiger partial charge on any atom is 0.0562 e. The van der Waals surface area contributed by atoms with Gasteiger partial charge in [0.2, 0.25) is 0 Å². The number of hydrogen-bond donors (Lipinski definition) is 0. The third-order valence-corrected chi connectivity index (χ3v) is 23.4. The number of nitrogens with zero attached hydrogens (tertiary/aromatic N) is 7. The number of rotatable bonds is 13. The minimum absolute atomic E-state index is 1.04. The van der Waals surface area contributed by atoms with Crippen molar-refractivity contribution in [3.63, 3.8) is 0 Å². The zero-order chi connectivity index (χ0) is 74.2. The Labute approximate surface area is 651 Å². The molecule has 0 saturated carbocycles. The molecule has 0 saturated heterocycles. The lowest BCUT2D eigenvalue weighted by Gasteiger charge is -2.26. The first-order valence-corrected chi connectivity index (χ1v) is 38.8. The van der Waals surface area contributed by atoms with Crippen LogP contribution in [0.5, 0.6) is 0 Å². The van der Waals surface area contributed by atoms with Crippen LogP contribution in [0.3, 0.4) is 0 Å². The van der Waals surface area contributed by atoms with Gasteiger partial charge in [0.15, 0.2) is 0 Å². The fourth-order valence-electron chi connectivity index (χ4n) is 18.5. The maximum atomic E-state index is 2.48. The Kier molecular flexibility index (Phi) is 14.6. The first-order valence-electron chi connectivity index (χ1n) is 38.8. The van der Waals surface area contributed by atoms with Crippen LogP contribution in [0.4, 0.5) is 51.2 Å². The van der Waals surface area contributed by atoms with E-state index in [2.05, 4.69) is 452 Å². The second-order valence-corrected chi connectivity index (χ2v) is 29.6. The third-order valence-electron chi connectivity index (χ3n) is 23.4. The number of aromatic nitrogens is 4. The molecule has 7 heteroatoms. The van der Waals surface area contributed by atoms with Gasteiger partial charge in [-0.25, -0.2) is 0 Å². The minimum Gasteiger partial charge on any atom is -0.310 e. The molecular weight excluding hydrogens is 1370 g/mol. The molecule has 0 aliphatic carbocycles. The molecule has 0 radical (unpaired) electrons. The summed E-state index contributed by atoms with van der Waals surface area (Å²) in [5.41, 5.74) is 23.2. The summed E-state index contributed by atoms with van der Waals surface area (Å²) in [6, 6.07) is 154. The van der Waals surface area contributed by atoms with E-state index in [-0.39, 0.29) is 0 Å². The SMILES string of the molecule is c1ccc(N(c2ccc3ccccc3c2)c2ccc3c4c5ccc6c(c5ccc4n(-c4ccccc4)c3c2)c2ccc(N(c3ccccc3)c3ccc4c5c7ccc8c(c7ccc5n(-c5ccccc5)c4c3)c3ccc(N(c4ccccc4)c4ccc5ccccc5c4)cc3n8-c3ccccc3)cc2n6-c2ccccc2)cc1. The fraction of sp³-hybridized carbons (Fsp3) is 0. The van der Waals surface area contributed by atoms with Crippen LogP contribution in [0.25, 0.3) is 153 Å². The van der Waals surface area contributed by atoms with Gasteiger partial charge in [0.05, 0.1) is 44.1 Å². The normalized spacial score (nSPS) is 11.9. The largest absolute Gasteiger partial charge is 0.310 e. The number of para-hydroxylation sites is 7. The molecule has 23 aromatic rings. The maximum absolute atomic E-state index is 2.48. The van der Waals surface area contributed by atoms with Crippen LogP contribution in [-0.4, -0.2) is 18.3 Å². The van der Waals surface area contributed by atoms with Crippen LogP contribution in [0.2, 0.25) is 0 Å². The Bertz CT molecular complexity index is 7280. The molecule has 0 spiro atoms. The summed E-state index contributed by atoms with van der Waals surface area (Å²) in [7, 11) is 0. The third kappa shape index (κ3) is 10.2. The monoisotopic (exact) mass is 1440 g/mol. The molecule has 7 nitrogen and oxygen atoms in total. The van der Waals surface area contributed by atoms with E-state index in [9.17, 15) is 0 Å². The summed E-state index contributed by atoms with van der Waals surface area (Å²) < 4.78 is 9.88. The molecule has 19 aromatic carbocycles. The first-order chi connectivity index (χ1) is 56.1. The van der Waals surface area contributed by atoms with Crippen molar-refractivity contribution >= 4 is 181 Å². The topological polar surface area (TPSA) is 29.4 Å². The van der Waals surface area contributed by atoms with Crippen molar-refractivity contribution in [2.75, 3.05) is 14.7 Å². The zero-order valence-corrected chi connectivity index (χ0v) is 61.5. The number of anilines is 9. The lowest BCUT2D eigenvalue weighted by atomic mass is 9.99. The average molecular weight is 1440 g/mol. The van der Waals surface area contributed by atoms with E-state index < -0.39 is 0 Å². The van der Waals surface area contributed by atoms with Gasteiger partial charge in [-0.05, 0) is 225 Å². The van der Waals surface area contributed by atoms with Gasteiger partial charge in [0.1, 0.15) is 0 Å². The van der Waals surface area contributed by atoms with Crippen LogP contribution in [0.1, 0.15) is 0 Å². The second-order valence-electron chi connectivity index (χ2n) is 29.6. The summed E-state index contributed by atoms with van der Waals surface area (Å²) in [5.74, 6) is 0. The average Bonchev–Trinajstić information content (AvgIpc) is 1.55. The smallest absolute Gasteiger partial charge is 0.0562 e. The summed E-state index contributed by atoms with van der Waals surface area (Å²) in [6.45, 7) is 0. The van der Waals surface area contributed by atoms with Crippen LogP contribution in [0, 0.1) is 0 Å². The van der Waals surface area contributed by atoms with Gasteiger partial charge in [-0.3, -0.25) is 0 Å². The van der Waals surface area contributed by atoms with Gasteiger partial charge >= 0.3 is 0 Å². The molecule has 0 atom stereocenters. The molecule has 0 fully saturated rings. The fourth-order valence-corrected chi connectivity index (χ4v) is 18.5. The Morgan fingerprint density at radius 2 is 0.336 bits per heavy atom. The molecule has 528 valence electrons. The van der Waals surface area contributed by atoms with Crippen LogP contribution < -0.4 is 14.7 Å². The molecular formula is C106H69N7. The highest BCUT2D eigenvalue weighted by Gasteiger charge is 2.27. The lowest BCUT2D eigenvalue weighted by Crippen LogP contribution is -2.10. The van der Waals surface area contributed by atoms with E-state index in [0.717, 1.165) is 118 Å². The van der Waals surface area contributed by atoms with Crippen LogP contribution >= 0.6 is 0 Å². The van der Waals surface area contributed by atoms with E-state index in [0.29, 0.717) is 0 Å². The van der Waals surface area contributed by atoms with Gasteiger partial charge in [-0.15, -0.1) is 0 Å². The first kappa shape index (κ1) is 63.9. The highest BCUT2D eigenvalue weighted by atomic mass is 15.2. The number of hydrogen-bond acceptors (Lipinski definition) is 3. The van der Waals surface area contributed by atoms with E-state index in [1.807, 2.05) is 0 Å². The lowest BCUT2D eigenvalue weighted by molar-refractivity contribution is 1.17. The van der Waals surface area contributed by atoms with E-state index >= 15 is 0 Å². The van der Waals surface area contributed by atoms with Crippen LogP contribution in [0.15, 0.2) is 419 Å². The van der Waals surface area contributed by atoms with Crippen molar-refractivity contribution < 1.29 is 0 Å². The van der Waals surface area contributed by atoms with Crippen molar-refractivity contribution in [3.05, 3.63) is 419 Å². The Morgan fingerprint density at radius 1 is 0.133 bits per heavy atom. The van der Waals surface area contributed by atoms with E-state index in [1.165, 1.54) is 86.2 Å². The van der Waals surface area contributed by atoms with Crippen LogP contribution in [-0.2, 0) is 0 Å². The Balaban J connectivity index is 0.706. The molecule has 113 heavy (non-hydrogen) atoms. The minimum atomic E-state index is 1.04. The predicted molar refractivity (Wildman–Crippen MR) is 478 cm³/mol. The van der Waals surface area contributed by atoms with Gasteiger partial charge in [-0.2, -0.15) is 0 Å². The van der Waals surface area contributed by atoms with Crippen molar-refractivity contribution in [2.45, 2.75) is 0 Å². The van der Waals surface area contributed by atoms with Gasteiger partial charge < -0.3 is 33.0 Å². The van der Waals surface area contributed by atoms with Crippen molar-refractivity contribution in [2.24, 2.45) is 0 Å². The summed E-state index contributed by atoms with van der Waals surface area (Å²) >= 11 is 0. The molecule has 0 amide bonds. The summed E-state index contributed by atoms with van der Waals surface area (Å²) in [5, 5.41) is 19.2. The molecule has 4 aromatic heterocycles. The molecule has 4 heterocycles. The Morgan fingerprint density at radius 3 is 0.593 bits per heavy atom. The highest BCUT2D eigenvalue weighted by Crippen LogP contribution is 2.50. The summed E-state index contributed by atoms with van der Waals surface area (Å²) in [6.07, 6.45) is 0. The second kappa shape index (κ2) is 25.7. The van der Waals surface area contributed by atoms with Gasteiger partial charge in [0.25, 0.3) is 0 Å². The van der Waals surface area contributed by atoms with Gasteiger partial charge in [-0.1, -0.05) is 237 Å².